The van der Waals surface area contributed by atoms with Gasteiger partial charge in [-0.3, -0.25) is 9.78 Å². The van der Waals surface area contributed by atoms with Gasteiger partial charge in [-0.05, 0) is 31.5 Å². The van der Waals surface area contributed by atoms with Gasteiger partial charge in [0.1, 0.15) is 17.6 Å². The maximum Gasteiger partial charge on any atom is 0.220 e. The highest BCUT2D eigenvalue weighted by atomic mass is 16.5. The Labute approximate surface area is 129 Å². The minimum Gasteiger partial charge on any atom is -0.466 e. The van der Waals surface area contributed by atoms with Crippen LogP contribution >= 0.6 is 0 Å². The Morgan fingerprint density at radius 2 is 2.32 bits per heavy atom. The minimum atomic E-state index is -0.108. The van der Waals surface area contributed by atoms with Crippen LogP contribution in [0.1, 0.15) is 36.0 Å². The third-order valence-electron chi connectivity index (χ3n) is 3.85. The lowest BCUT2D eigenvalue weighted by atomic mass is 10.0. The molecular formula is C17H20N2O3. The summed E-state index contributed by atoms with van der Waals surface area (Å²) in [6.07, 6.45) is 5.28. The minimum absolute atomic E-state index is 0.00929. The Balaban J connectivity index is 1.54. The van der Waals surface area contributed by atoms with Gasteiger partial charge in [0.05, 0.1) is 6.04 Å². The highest BCUT2D eigenvalue weighted by Gasteiger charge is 2.30. The molecular weight excluding hydrogens is 280 g/mol. The topological polar surface area (TPSA) is 64.4 Å². The van der Waals surface area contributed by atoms with E-state index in [1.807, 2.05) is 31.2 Å². The lowest BCUT2D eigenvalue weighted by Gasteiger charge is -2.19. The predicted molar refractivity (Wildman–Crippen MR) is 81.2 cm³/mol. The van der Waals surface area contributed by atoms with Gasteiger partial charge in [0.15, 0.2) is 0 Å². The Kier molecular flexibility index (Phi) is 4.53. The van der Waals surface area contributed by atoms with Crippen molar-refractivity contribution in [3.05, 3.63) is 53.7 Å². The summed E-state index contributed by atoms with van der Waals surface area (Å²) in [4.78, 5) is 16.2. The third-order valence-corrected chi connectivity index (χ3v) is 3.85. The van der Waals surface area contributed by atoms with E-state index in [1.54, 1.807) is 12.4 Å². The van der Waals surface area contributed by atoms with Crippen molar-refractivity contribution in [3.63, 3.8) is 0 Å². The van der Waals surface area contributed by atoms with Crippen molar-refractivity contribution in [1.82, 2.24) is 10.3 Å². The number of pyridine rings is 1. The largest absolute Gasteiger partial charge is 0.466 e. The summed E-state index contributed by atoms with van der Waals surface area (Å²) < 4.78 is 11.2. The average Bonchev–Trinajstić information content (AvgIpc) is 3.15. The van der Waals surface area contributed by atoms with E-state index in [4.69, 9.17) is 9.15 Å². The molecule has 1 N–H and O–H groups in total. The van der Waals surface area contributed by atoms with Crippen LogP contribution in [0.15, 0.2) is 41.1 Å². The zero-order chi connectivity index (χ0) is 15.4. The number of ether oxygens (including phenoxy) is 1. The number of nitrogens with one attached hydrogen (secondary N) is 1. The van der Waals surface area contributed by atoms with E-state index in [0.29, 0.717) is 19.4 Å². The van der Waals surface area contributed by atoms with Crippen LogP contribution in [0, 0.1) is 6.92 Å². The maximum absolute atomic E-state index is 12.1. The van der Waals surface area contributed by atoms with Crippen LogP contribution < -0.4 is 5.32 Å². The number of hydrogen-bond donors (Lipinski definition) is 1. The van der Waals surface area contributed by atoms with Gasteiger partial charge in [0.25, 0.3) is 0 Å². The van der Waals surface area contributed by atoms with E-state index < -0.39 is 0 Å². The molecule has 3 heterocycles. The Bertz CT molecular complexity index is 624. The molecule has 1 saturated heterocycles. The predicted octanol–water partition coefficient (Wildman–Crippen LogP) is 2.56. The SMILES string of the molecule is Cc1ccc(CCC(=O)N[C@H]2CCO[C@@H]2c2cccnc2)o1. The van der Waals surface area contributed by atoms with Gasteiger partial charge in [-0.2, -0.15) is 0 Å². The second kappa shape index (κ2) is 6.75. The fraction of sp³-hybridized carbons (Fsp3) is 0.412. The first-order chi connectivity index (χ1) is 10.7. The standard InChI is InChI=1S/C17H20N2O3/c1-12-4-5-14(22-12)6-7-16(20)19-15-8-10-21-17(15)13-3-2-9-18-11-13/h2-5,9,11,15,17H,6-8,10H2,1H3,(H,19,20)/t15-,17+/m0/s1. The summed E-state index contributed by atoms with van der Waals surface area (Å²) in [7, 11) is 0. The van der Waals surface area contributed by atoms with Gasteiger partial charge in [0, 0.05) is 37.4 Å². The molecule has 5 heteroatoms. The molecule has 0 aliphatic carbocycles. The molecule has 0 bridgehead atoms. The molecule has 2 atom stereocenters. The first kappa shape index (κ1) is 14.8. The molecule has 2 aromatic rings. The van der Waals surface area contributed by atoms with Crippen molar-refractivity contribution in [2.24, 2.45) is 0 Å². The second-order valence-corrected chi connectivity index (χ2v) is 5.55. The van der Waals surface area contributed by atoms with Crippen LogP contribution in [0.2, 0.25) is 0 Å². The van der Waals surface area contributed by atoms with Crippen LogP contribution in [-0.2, 0) is 16.0 Å². The summed E-state index contributed by atoms with van der Waals surface area (Å²) in [6, 6.07) is 7.70. The van der Waals surface area contributed by atoms with E-state index in [0.717, 1.165) is 23.5 Å². The monoisotopic (exact) mass is 300 g/mol. The third kappa shape index (κ3) is 3.54. The van der Waals surface area contributed by atoms with Gasteiger partial charge >= 0.3 is 0 Å². The fourth-order valence-corrected chi connectivity index (χ4v) is 2.75. The quantitative estimate of drug-likeness (QED) is 0.921. The Morgan fingerprint density at radius 1 is 1.41 bits per heavy atom. The van der Waals surface area contributed by atoms with Crippen molar-refractivity contribution in [2.75, 3.05) is 6.61 Å². The molecule has 1 fully saturated rings. The zero-order valence-corrected chi connectivity index (χ0v) is 12.6. The molecule has 1 aliphatic heterocycles. The summed E-state index contributed by atoms with van der Waals surface area (Å²) in [5, 5.41) is 3.07. The molecule has 0 saturated carbocycles. The highest BCUT2D eigenvalue weighted by Crippen LogP contribution is 2.28. The average molecular weight is 300 g/mol. The Hall–Kier alpha value is -2.14. The number of hydrogen-bond acceptors (Lipinski definition) is 4. The molecule has 3 rings (SSSR count). The maximum atomic E-state index is 12.1. The normalized spacial score (nSPS) is 21.0. The Morgan fingerprint density at radius 3 is 3.05 bits per heavy atom. The molecule has 116 valence electrons. The molecule has 0 radical (unpaired) electrons. The zero-order valence-electron chi connectivity index (χ0n) is 12.6. The molecule has 0 aromatic carbocycles. The van der Waals surface area contributed by atoms with Gasteiger partial charge in [-0.15, -0.1) is 0 Å². The van der Waals surface area contributed by atoms with Crippen molar-refractivity contribution in [2.45, 2.75) is 38.3 Å². The smallest absolute Gasteiger partial charge is 0.220 e. The lowest BCUT2D eigenvalue weighted by Crippen LogP contribution is -2.36. The van der Waals surface area contributed by atoms with Crippen LogP contribution in [0.5, 0.6) is 0 Å². The van der Waals surface area contributed by atoms with Crippen LogP contribution in [-0.4, -0.2) is 23.5 Å². The van der Waals surface area contributed by atoms with Gasteiger partial charge in [-0.1, -0.05) is 6.07 Å². The number of aromatic nitrogens is 1. The molecule has 0 spiro atoms. The number of carbonyl (C=O) groups excluding carboxylic acids is 1. The van der Waals surface area contributed by atoms with Gasteiger partial charge < -0.3 is 14.5 Å². The van der Waals surface area contributed by atoms with Crippen LogP contribution in [0.4, 0.5) is 0 Å². The van der Waals surface area contributed by atoms with E-state index in [1.165, 1.54) is 0 Å². The van der Waals surface area contributed by atoms with Gasteiger partial charge in [-0.25, -0.2) is 0 Å². The van der Waals surface area contributed by atoms with E-state index in [-0.39, 0.29) is 18.1 Å². The fourth-order valence-electron chi connectivity index (χ4n) is 2.75. The number of aryl methyl sites for hydroxylation is 2. The first-order valence-electron chi connectivity index (χ1n) is 7.58. The van der Waals surface area contributed by atoms with E-state index in [9.17, 15) is 4.79 Å². The summed E-state index contributed by atoms with van der Waals surface area (Å²) in [6.45, 7) is 2.56. The van der Waals surface area contributed by atoms with Crippen molar-refractivity contribution in [3.8, 4) is 0 Å². The van der Waals surface area contributed by atoms with Gasteiger partial charge in [0.2, 0.25) is 5.91 Å². The lowest BCUT2D eigenvalue weighted by molar-refractivity contribution is -0.122. The van der Waals surface area contributed by atoms with Crippen molar-refractivity contribution in [1.29, 1.82) is 0 Å². The first-order valence-corrected chi connectivity index (χ1v) is 7.58. The van der Waals surface area contributed by atoms with Crippen LogP contribution in [0.25, 0.3) is 0 Å². The van der Waals surface area contributed by atoms with Crippen molar-refractivity contribution < 1.29 is 13.9 Å². The van der Waals surface area contributed by atoms with Crippen LogP contribution in [0.3, 0.4) is 0 Å². The van der Waals surface area contributed by atoms with Crippen molar-refractivity contribution >= 4 is 5.91 Å². The van der Waals surface area contributed by atoms with E-state index in [2.05, 4.69) is 10.3 Å². The molecule has 0 unspecified atom stereocenters. The summed E-state index contributed by atoms with van der Waals surface area (Å²) >= 11 is 0. The highest BCUT2D eigenvalue weighted by molar-refractivity contribution is 5.76. The number of rotatable bonds is 5. The number of furan rings is 1. The number of amides is 1. The summed E-state index contributed by atoms with van der Waals surface area (Å²) in [5.41, 5.74) is 1.01. The molecule has 2 aromatic heterocycles. The molecule has 1 amide bonds. The second-order valence-electron chi connectivity index (χ2n) is 5.55. The molecule has 22 heavy (non-hydrogen) atoms. The number of carbonyl (C=O) groups is 1. The van der Waals surface area contributed by atoms with E-state index >= 15 is 0 Å². The molecule has 5 nitrogen and oxygen atoms in total. The number of nitrogens with zero attached hydrogens (tertiary/aromatic N) is 1. The summed E-state index contributed by atoms with van der Waals surface area (Å²) in [5.74, 6) is 1.74. The molecule has 1 aliphatic rings.